The van der Waals surface area contributed by atoms with Crippen molar-refractivity contribution in [3.05, 3.63) is 29.5 Å². The van der Waals surface area contributed by atoms with Crippen molar-refractivity contribution in [1.82, 2.24) is 4.57 Å². The lowest BCUT2D eigenvalue weighted by molar-refractivity contribution is 0.0995. The van der Waals surface area contributed by atoms with Gasteiger partial charge in [-0.05, 0) is 24.6 Å². The number of carbonyl (C=O) groups excluding carboxylic acids is 1. The van der Waals surface area contributed by atoms with Crippen LogP contribution >= 0.6 is 0 Å². The van der Waals surface area contributed by atoms with Crippen LogP contribution in [0.2, 0.25) is 0 Å². The van der Waals surface area contributed by atoms with E-state index in [2.05, 4.69) is 4.99 Å². The number of hydrogen-bond acceptors (Lipinski definition) is 2. The molecule has 18 heavy (non-hydrogen) atoms. The fraction of sp³-hybridized carbons (Fsp3) is 0.167. The number of carbonyl (C=O) groups is 1. The molecule has 0 radical (unpaired) electrons. The number of aryl methyl sites for hydroxylation is 2. The van der Waals surface area contributed by atoms with Crippen molar-refractivity contribution in [2.24, 2.45) is 23.5 Å². The van der Waals surface area contributed by atoms with Gasteiger partial charge in [0.05, 0.1) is 5.52 Å². The third-order valence-electron chi connectivity index (χ3n) is 2.84. The molecule has 0 unspecified atom stereocenters. The van der Waals surface area contributed by atoms with Crippen LogP contribution in [0.4, 0.5) is 0 Å². The molecule has 0 bridgehead atoms. The van der Waals surface area contributed by atoms with Gasteiger partial charge in [0, 0.05) is 12.4 Å². The number of amides is 1. The summed E-state index contributed by atoms with van der Waals surface area (Å²) >= 11 is 0. The van der Waals surface area contributed by atoms with Crippen LogP contribution < -0.4 is 11.5 Å². The topological polar surface area (TPSA) is 107 Å². The minimum atomic E-state index is -0.535. The Kier molecular flexibility index (Phi) is 2.70. The first-order valence-electron chi connectivity index (χ1n) is 5.33. The average Bonchev–Trinajstić information content (AvgIpc) is 2.62. The molecule has 0 atom stereocenters. The van der Waals surface area contributed by atoms with E-state index in [-0.39, 0.29) is 11.7 Å². The average molecular weight is 246 g/mol. The Bertz CT molecular complexity index is 666. The molecular formula is C12H14N4O2. The van der Waals surface area contributed by atoms with E-state index in [0.29, 0.717) is 11.2 Å². The first kappa shape index (κ1) is 12.0. The van der Waals surface area contributed by atoms with Gasteiger partial charge in [0.1, 0.15) is 11.4 Å². The number of nitrogens with two attached hydrogens (primary N) is 2. The second-order valence-corrected chi connectivity index (χ2v) is 4.09. The molecule has 0 fully saturated rings. The quantitative estimate of drug-likeness (QED) is 0.506. The van der Waals surface area contributed by atoms with Crippen molar-refractivity contribution in [2.75, 3.05) is 0 Å². The molecule has 94 valence electrons. The van der Waals surface area contributed by atoms with Crippen molar-refractivity contribution in [2.45, 2.75) is 6.92 Å². The summed E-state index contributed by atoms with van der Waals surface area (Å²) < 4.78 is 1.58. The number of aliphatic imine (C=N–C) groups is 1. The van der Waals surface area contributed by atoms with Gasteiger partial charge in [0.25, 0.3) is 5.91 Å². The van der Waals surface area contributed by atoms with Gasteiger partial charge in [-0.15, -0.1) is 0 Å². The summed E-state index contributed by atoms with van der Waals surface area (Å²) in [4.78, 5) is 15.3. The Balaban J connectivity index is 2.72. The molecule has 0 aliphatic heterocycles. The molecule has 0 saturated carbocycles. The third kappa shape index (κ3) is 1.77. The van der Waals surface area contributed by atoms with E-state index in [1.54, 1.807) is 29.8 Å². The molecule has 1 heterocycles. The predicted molar refractivity (Wildman–Crippen MR) is 69.5 cm³/mol. The van der Waals surface area contributed by atoms with E-state index in [4.69, 9.17) is 11.5 Å². The highest BCUT2D eigenvalue weighted by Gasteiger charge is 2.16. The van der Waals surface area contributed by atoms with E-state index in [9.17, 15) is 9.90 Å². The minimum absolute atomic E-state index is 0.113. The number of aromatic hydroxyl groups is 1. The number of guanidine groups is 1. The van der Waals surface area contributed by atoms with Gasteiger partial charge in [0.2, 0.25) is 0 Å². The molecule has 1 aromatic carbocycles. The maximum atomic E-state index is 11.8. The number of fused-ring (bicyclic) bond motifs is 1. The van der Waals surface area contributed by atoms with Crippen LogP contribution in [0.3, 0.4) is 0 Å². The number of hydrogen-bond donors (Lipinski definition) is 3. The molecule has 5 N–H and O–H groups in total. The molecule has 0 aliphatic rings. The number of nitrogens with zero attached hydrogens (tertiary/aromatic N) is 2. The first-order chi connectivity index (χ1) is 8.41. The van der Waals surface area contributed by atoms with Crippen molar-refractivity contribution < 1.29 is 9.90 Å². The van der Waals surface area contributed by atoms with Gasteiger partial charge in [0.15, 0.2) is 5.96 Å². The summed E-state index contributed by atoms with van der Waals surface area (Å²) in [5.41, 5.74) is 12.2. The third-order valence-corrected chi connectivity index (χ3v) is 2.84. The van der Waals surface area contributed by atoms with E-state index in [0.717, 1.165) is 10.9 Å². The van der Waals surface area contributed by atoms with Crippen LogP contribution in [0.5, 0.6) is 5.75 Å². The highest BCUT2D eigenvalue weighted by atomic mass is 16.3. The van der Waals surface area contributed by atoms with Crippen LogP contribution in [-0.4, -0.2) is 21.5 Å². The maximum absolute atomic E-state index is 11.8. The summed E-state index contributed by atoms with van der Waals surface area (Å²) in [7, 11) is 1.68. The minimum Gasteiger partial charge on any atom is -0.506 e. The molecule has 6 nitrogen and oxygen atoms in total. The molecule has 1 aromatic heterocycles. The van der Waals surface area contributed by atoms with E-state index in [1.165, 1.54) is 0 Å². The van der Waals surface area contributed by atoms with Crippen molar-refractivity contribution in [3.63, 3.8) is 0 Å². The first-order valence-corrected chi connectivity index (χ1v) is 5.33. The molecular weight excluding hydrogens is 232 g/mol. The number of phenolic OH excluding ortho intramolecular Hbond substituents is 1. The highest BCUT2D eigenvalue weighted by Crippen LogP contribution is 2.30. The lowest BCUT2D eigenvalue weighted by Crippen LogP contribution is -2.24. The lowest BCUT2D eigenvalue weighted by atomic mass is 10.1. The Morgan fingerprint density at radius 3 is 2.61 bits per heavy atom. The number of rotatable bonds is 1. The molecule has 0 saturated heterocycles. The fourth-order valence-corrected chi connectivity index (χ4v) is 1.97. The summed E-state index contributed by atoms with van der Waals surface area (Å²) in [6.45, 7) is 1.90. The van der Waals surface area contributed by atoms with Crippen LogP contribution in [0.1, 0.15) is 16.1 Å². The summed E-state index contributed by atoms with van der Waals surface area (Å²) in [5, 5.41) is 10.6. The van der Waals surface area contributed by atoms with Crippen LogP contribution in [-0.2, 0) is 7.05 Å². The summed E-state index contributed by atoms with van der Waals surface area (Å²) in [6, 6.07) is 5.04. The second kappa shape index (κ2) is 4.06. The van der Waals surface area contributed by atoms with Crippen molar-refractivity contribution in [1.29, 1.82) is 0 Å². The van der Waals surface area contributed by atoms with Crippen LogP contribution in [0.25, 0.3) is 10.9 Å². The number of phenols is 1. The Morgan fingerprint density at radius 2 is 2.06 bits per heavy atom. The van der Waals surface area contributed by atoms with Gasteiger partial charge in [-0.25, -0.2) is 0 Å². The fourth-order valence-electron chi connectivity index (χ4n) is 1.97. The largest absolute Gasteiger partial charge is 0.506 e. The van der Waals surface area contributed by atoms with E-state index in [1.807, 2.05) is 6.92 Å². The molecule has 1 amide bonds. The van der Waals surface area contributed by atoms with Gasteiger partial charge in [-0.2, -0.15) is 4.99 Å². The molecule has 2 rings (SSSR count). The summed E-state index contributed by atoms with van der Waals surface area (Å²) in [6.07, 6.45) is 0. The predicted octanol–water partition coefficient (Wildman–Crippen LogP) is 0.606. The SMILES string of the molecule is Cc1ccc(O)c2c1cc(C(=O)N=C(N)N)n2C. The lowest BCUT2D eigenvalue weighted by Gasteiger charge is -2.03. The molecule has 0 spiro atoms. The van der Waals surface area contributed by atoms with Gasteiger partial charge >= 0.3 is 0 Å². The zero-order valence-corrected chi connectivity index (χ0v) is 10.1. The normalized spacial score (nSPS) is 10.6. The molecule has 0 aliphatic carbocycles. The monoisotopic (exact) mass is 246 g/mol. The maximum Gasteiger partial charge on any atom is 0.296 e. The van der Waals surface area contributed by atoms with Crippen LogP contribution in [0, 0.1) is 6.92 Å². The smallest absolute Gasteiger partial charge is 0.296 e. The van der Waals surface area contributed by atoms with E-state index < -0.39 is 5.91 Å². The van der Waals surface area contributed by atoms with Crippen LogP contribution in [0.15, 0.2) is 23.2 Å². The molecule has 6 heteroatoms. The number of benzene rings is 1. The Labute approximate surface area is 104 Å². The Morgan fingerprint density at radius 1 is 1.39 bits per heavy atom. The number of aromatic nitrogens is 1. The highest BCUT2D eigenvalue weighted by molar-refractivity contribution is 6.05. The van der Waals surface area contributed by atoms with Crippen molar-refractivity contribution >= 4 is 22.8 Å². The molecule has 2 aromatic rings. The Hall–Kier alpha value is -2.50. The zero-order valence-electron chi connectivity index (χ0n) is 10.1. The van der Waals surface area contributed by atoms with Gasteiger partial charge in [-0.3, -0.25) is 4.79 Å². The second-order valence-electron chi connectivity index (χ2n) is 4.09. The van der Waals surface area contributed by atoms with Gasteiger partial charge < -0.3 is 21.1 Å². The summed E-state index contributed by atoms with van der Waals surface area (Å²) in [5.74, 6) is -0.708. The van der Waals surface area contributed by atoms with Gasteiger partial charge in [-0.1, -0.05) is 6.07 Å². The van der Waals surface area contributed by atoms with E-state index >= 15 is 0 Å². The standard InChI is InChI=1S/C12H14N4O2/c1-6-3-4-9(17)10-7(6)5-8(16(10)2)11(18)15-12(13)14/h3-5,17H,1-2H3,(H4,13,14,15,18). The zero-order chi connectivity index (χ0) is 13.4. The van der Waals surface area contributed by atoms with Crippen molar-refractivity contribution in [3.8, 4) is 5.75 Å².